The van der Waals surface area contributed by atoms with Crippen molar-refractivity contribution in [3.05, 3.63) is 0 Å². The van der Waals surface area contributed by atoms with Gasteiger partial charge in [0.1, 0.15) is 0 Å². The average molecular weight is 247 g/mol. The Morgan fingerprint density at radius 2 is 1.56 bits per heavy atom. The largest absolute Gasteiger partial charge is 0.504 e. The minimum atomic E-state index is -2.45. The van der Waals surface area contributed by atoms with E-state index in [1.54, 1.807) is 21.3 Å². The molecule has 0 spiro atoms. The third-order valence-electron chi connectivity index (χ3n) is 3.49. The van der Waals surface area contributed by atoms with E-state index in [0.29, 0.717) is 5.54 Å². The Kier molecular flexibility index (Phi) is 4.54. The van der Waals surface area contributed by atoms with Gasteiger partial charge in [-0.05, 0) is 33.7 Å². The standard InChI is InChI=1S/C11H25NO3Si/c1-11(2,3)12-8-7-10(9-12)16(13-4,14-5)15-6/h10H,7-9H2,1-6H3. The van der Waals surface area contributed by atoms with Crippen molar-refractivity contribution in [3.8, 4) is 0 Å². The third kappa shape index (κ3) is 2.65. The van der Waals surface area contributed by atoms with Crippen LogP contribution in [0.25, 0.3) is 0 Å². The summed E-state index contributed by atoms with van der Waals surface area (Å²) in [5.74, 6) is 0. The van der Waals surface area contributed by atoms with Gasteiger partial charge in [0.2, 0.25) is 0 Å². The van der Waals surface area contributed by atoms with Crippen molar-refractivity contribution in [2.75, 3.05) is 34.4 Å². The second-order valence-electron chi connectivity index (χ2n) is 5.32. The van der Waals surface area contributed by atoms with Gasteiger partial charge < -0.3 is 13.3 Å². The Bertz CT molecular complexity index is 217. The quantitative estimate of drug-likeness (QED) is 0.708. The lowest BCUT2D eigenvalue weighted by Crippen LogP contribution is -2.49. The van der Waals surface area contributed by atoms with E-state index in [1.807, 2.05) is 0 Å². The molecule has 16 heavy (non-hydrogen) atoms. The van der Waals surface area contributed by atoms with Gasteiger partial charge in [-0.3, -0.25) is 4.90 Å². The molecule has 0 aromatic heterocycles. The summed E-state index contributed by atoms with van der Waals surface area (Å²) in [5.41, 5.74) is 0.608. The molecule has 1 unspecified atom stereocenters. The minimum absolute atomic E-state index is 0.212. The number of nitrogens with zero attached hydrogens (tertiary/aromatic N) is 1. The number of likely N-dealkylation sites (tertiary alicyclic amines) is 1. The molecule has 4 nitrogen and oxygen atoms in total. The molecule has 96 valence electrons. The van der Waals surface area contributed by atoms with Crippen LogP contribution in [0.15, 0.2) is 0 Å². The highest BCUT2D eigenvalue weighted by Gasteiger charge is 2.51. The van der Waals surface area contributed by atoms with Crippen LogP contribution in [-0.4, -0.2) is 53.7 Å². The predicted molar refractivity (Wildman–Crippen MR) is 66.5 cm³/mol. The molecule has 1 rings (SSSR count). The summed E-state index contributed by atoms with van der Waals surface area (Å²) in [5, 5.41) is 0. The molecule has 0 bridgehead atoms. The van der Waals surface area contributed by atoms with Crippen molar-refractivity contribution in [2.24, 2.45) is 0 Å². The Morgan fingerprint density at radius 1 is 1.06 bits per heavy atom. The van der Waals surface area contributed by atoms with Gasteiger partial charge >= 0.3 is 8.80 Å². The summed E-state index contributed by atoms with van der Waals surface area (Å²) in [7, 11) is 2.63. The lowest BCUT2D eigenvalue weighted by atomic mass is 10.1. The van der Waals surface area contributed by atoms with Gasteiger partial charge in [0.15, 0.2) is 0 Å². The van der Waals surface area contributed by atoms with Crippen LogP contribution in [0.2, 0.25) is 5.54 Å². The molecule has 0 amide bonds. The Labute approximate surface area is 100 Å². The van der Waals surface area contributed by atoms with Gasteiger partial charge in [-0.25, -0.2) is 0 Å². The molecule has 0 aromatic carbocycles. The van der Waals surface area contributed by atoms with Crippen LogP contribution in [0, 0.1) is 0 Å². The Balaban J connectivity index is 2.71. The first-order valence-electron chi connectivity index (χ1n) is 5.80. The van der Waals surface area contributed by atoms with Crippen LogP contribution in [0.5, 0.6) is 0 Å². The maximum Gasteiger partial charge on any atom is 0.504 e. The molecule has 1 fully saturated rings. The molecule has 0 aliphatic carbocycles. The Hall–Kier alpha value is 0.0569. The van der Waals surface area contributed by atoms with Crippen molar-refractivity contribution in [2.45, 2.75) is 38.3 Å². The topological polar surface area (TPSA) is 30.9 Å². The first-order valence-corrected chi connectivity index (χ1v) is 7.60. The van der Waals surface area contributed by atoms with E-state index in [0.717, 1.165) is 19.5 Å². The first-order chi connectivity index (χ1) is 7.39. The molecule has 0 saturated carbocycles. The summed E-state index contributed by atoms with van der Waals surface area (Å²) < 4.78 is 16.6. The van der Waals surface area contributed by atoms with Gasteiger partial charge in [0.25, 0.3) is 0 Å². The lowest BCUT2D eigenvalue weighted by molar-refractivity contribution is 0.107. The molecule has 1 aliphatic rings. The van der Waals surface area contributed by atoms with E-state index in [2.05, 4.69) is 25.7 Å². The minimum Gasteiger partial charge on any atom is -0.377 e. The smallest absolute Gasteiger partial charge is 0.377 e. The van der Waals surface area contributed by atoms with Crippen LogP contribution in [0.3, 0.4) is 0 Å². The summed E-state index contributed by atoms with van der Waals surface area (Å²) >= 11 is 0. The molecule has 0 N–H and O–H groups in total. The van der Waals surface area contributed by atoms with Gasteiger partial charge in [-0.2, -0.15) is 0 Å². The molecular formula is C11H25NO3Si. The molecule has 0 aromatic rings. The fraction of sp³-hybridized carbons (Fsp3) is 1.00. The van der Waals surface area contributed by atoms with Crippen molar-refractivity contribution in [1.82, 2.24) is 4.90 Å². The molecule has 1 heterocycles. The van der Waals surface area contributed by atoms with E-state index >= 15 is 0 Å². The van der Waals surface area contributed by atoms with Crippen molar-refractivity contribution in [1.29, 1.82) is 0 Å². The van der Waals surface area contributed by atoms with Crippen LogP contribution in [0.4, 0.5) is 0 Å². The molecular weight excluding hydrogens is 222 g/mol. The van der Waals surface area contributed by atoms with Crippen LogP contribution in [-0.2, 0) is 13.3 Å². The maximum atomic E-state index is 5.55. The van der Waals surface area contributed by atoms with Crippen molar-refractivity contribution >= 4 is 8.80 Å². The van der Waals surface area contributed by atoms with E-state index < -0.39 is 8.80 Å². The molecule has 1 aliphatic heterocycles. The van der Waals surface area contributed by atoms with E-state index in [4.69, 9.17) is 13.3 Å². The zero-order chi connectivity index (χ0) is 12.4. The monoisotopic (exact) mass is 247 g/mol. The maximum absolute atomic E-state index is 5.55. The summed E-state index contributed by atoms with van der Waals surface area (Å²) in [6, 6.07) is 0. The SMILES string of the molecule is CO[Si](OC)(OC)C1CCN(C(C)(C)C)C1. The molecule has 1 saturated heterocycles. The molecule has 5 heteroatoms. The highest BCUT2D eigenvalue weighted by Crippen LogP contribution is 2.36. The number of rotatable bonds is 4. The third-order valence-corrected chi connectivity index (χ3v) is 6.67. The van der Waals surface area contributed by atoms with Gasteiger partial charge in [-0.15, -0.1) is 0 Å². The zero-order valence-electron chi connectivity index (χ0n) is 11.4. The van der Waals surface area contributed by atoms with Crippen LogP contribution >= 0.6 is 0 Å². The summed E-state index contributed by atoms with van der Waals surface area (Å²) in [6.07, 6.45) is 1.10. The molecule has 0 radical (unpaired) electrons. The fourth-order valence-electron chi connectivity index (χ4n) is 2.41. The van der Waals surface area contributed by atoms with E-state index in [-0.39, 0.29) is 5.54 Å². The van der Waals surface area contributed by atoms with E-state index in [1.165, 1.54) is 0 Å². The summed E-state index contributed by atoms with van der Waals surface area (Å²) in [6.45, 7) is 8.82. The lowest BCUT2D eigenvalue weighted by Gasteiger charge is -2.34. The first kappa shape index (κ1) is 14.1. The van der Waals surface area contributed by atoms with Gasteiger partial charge in [0.05, 0.1) is 0 Å². The van der Waals surface area contributed by atoms with E-state index in [9.17, 15) is 0 Å². The second-order valence-corrected chi connectivity index (χ2v) is 8.57. The number of hydrogen-bond donors (Lipinski definition) is 0. The highest BCUT2D eigenvalue weighted by molar-refractivity contribution is 6.62. The second kappa shape index (κ2) is 5.14. The molecule has 1 atom stereocenters. The summed E-state index contributed by atoms with van der Waals surface area (Å²) in [4.78, 5) is 2.47. The van der Waals surface area contributed by atoms with Gasteiger partial charge in [-0.1, -0.05) is 0 Å². The van der Waals surface area contributed by atoms with Crippen LogP contribution in [0.1, 0.15) is 27.2 Å². The Morgan fingerprint density at radius 3 is 1.88 bits per heavy atom. The predicted octanol–water partition coefficient (Wildman–Crippen LogP) is 1.74. The fourth-order valence-corrected chi connectivity index (χ4v) is 4.83. The highest BCUT2D eigenvalue weighted by atomic mass is 28.4. The normalized spacial score (nSPS) is 24.0. The van der Waals surface area contributed by atoms with Crippen molar-refractivity contribution < 1.29 is 13.3 Å². The number of hydrogen-bond acceptors (Lipinski definition) is 4. The van der Waals surface area contributed by atoms with Gasteiger partial charge in [0, 0.05) is 39.0 Å². The van der Waals surface area contributed by atoms with Crippen LogP contribution < -0.4 is 0 Å². The van der Waals surface area contributed by atoms with Crippen molar-refractivity contribution in [3.63, 3.8) is 0 Å². The zero-order valence-corrected chi connectivity index (χ0v) is 12.4. The average Bonchev–Trinajstić information content (AvgIpc) is 2.71.